The Morgan fingerprint density at radius 2 is 2.06 bits per heavy atom. The second kappa shape index (κ2) is 7.88. The fourth-order valence-corrected chi connectivity index (χ4v) is 1.67. The van der Waals surface area contributed by atoms with Gasteiger partial charge in [-0.2, -0.15) is 5.26 Å². The summed E-state index contributed by atoms with van der Waals surface area (Å²) < 4.78 is 0. The Balaban J connectivity index is 2.32. The first-order valence-electron chi connectivity index (χ1n) is 5.68. The van der Waals surface area contributed by atoms with Crippen molar-refractivity contribution in [2.24, 2.45) is 0 Å². The highest BCUT2D eigenvalue weighted by Gasteiger charge is 2.00. The first-order valence-corrected chi connectivity index (χ1v) is 6.06. The van der Waals surface area contributed by atoms with E-state index in [1.807, 2.05) is 6.07 Å². The van der Waals surface area contributed by atoms with Crippen molar-refractivity contribution in [1.82, 2.24) is 4.98 Å². The zero-order valence-corrected chi connectivity index (χ0v) is 10.4. The molecule has 92 valence electrons. The fraction of sp³-hybridized carbons (Fsp3) is 0.500. The van der Waals surface area contributed by atoms with E-state index < -0.39 is 0 Å². The Bertz CT molecular complexity index is 390. The number of hydrogen-bond acceptors (Lipinski definition) is 4. The molecule has 0 atom stereocenters. The van der Waals surface area contributed by atoms with Crippen LogP contribution in [-0.4, -0.2) is 23.2 Å². The van der Waals surface area contributed by atoms with Crippen LogP contribution in [0.2, 0.25) is 5.15 Å². The fourth-order valence-electron chi connectivity index (χ4n) is 1.46. The van der Waals surface area contributed by atoms with E-state index in [0.717, 1.165) is 32.2 Å². The molecular weight excluding hydrogens is 238 g/mol. The lowest BCUT2D eigenvalue weighted by Crippen LogP contribution is -2.03. The van der Waals surface area contributed by atoms with Crippen molar-refractivity contribution < 1.29 is 5.11 Å². The smallest absolute Gasteiger partial charge is 0.132 e. The quantitative estimate of drug-likeness (QED) is 0.579. The lowest BCUT2D eigenvalue weighted by molar-refractivity contribution is 0.283. The normalized spacial score (nSPS) is 9.94. The van der Waals surface area contributed by atoms with Gasteiger partial charge in [0.2, 0.25) is 0 Å². The summed E-state index contributed by atoms with van der Waals surface area (Å²) in [6.07, 6.45) is 3.97. The SMILES string of the molecule is N#Cc1cc(Cl)nc(NCCCCCCO)c1. The van der Waals surface area contributed by atoms with Crippen molar-refractivity contribution in [1.29, 1.82) is 5.26 Å². The van der Waals surface area contributed by atoms with Crippen LogP contribution in [0.1, 0.15) is 31.2 Å². The zero-order chi connectivity index (χ0) is 12.5. The van der Waals surface area contributed by atoms with Crippen LogP contribution < -0.4 is 5.32 Å². The molecule has 0 radical (unpaired) electrons. The molecule has 0 saturated heterocycles. The van der Waals surface area contributed by atoms with Crippen molar-refractivity contribution in [3.8, 4) is 6.07 Å². The van der Waals surface area contributed by atoms with Gasteiger partial charge in [0.1, 0.15) is 11.0 Å². The third-order valence-electron chi connectivity index (χ3n) is 2.31. The Hall–Kier alpha value is -1.31. The number of halogens is 1. The molecule has 0 amide bonds. The van der Waals surface area contributed by atoms with Crippen LogP contribution in [0.15, 0.2) is 12.1 Å². The van der Waals surface area contributed by atoms with Crippen LogP contribution >= 0.6 is 11.6 Å². The molecule has 5 heteroatoms. The molecule has 0 bridgehead atoms. The van der Waals surface area contributed by atoms with Crippen molar-refractivity contribution in [3.63, 3.8) is 0 Å². The van der Waals surface area contributed by atoms with Crippen LogP contribution in [0, 0.1) is 11.3 Å². The van der Waals surface area contributed by atoms with Gasteiger partial charge in [-0.15, -0.1) is 0 Å². The predicted octanol–water partition coefficient (Wildman–Crippen LogP) is 2.57. The van der Waals surface area contributed by atoms with E-state index in [1.54, 1.807) is 6.07 Å². The molecule has 1 rings (SSSR count). The van der Waals surface area contributed by atoms with Crippen LogP contribution in [0.4, 0.5) is 5.82 Å². The molecule has 0 aromatic carbocycles. The molecule has 0 aliphatic rings. The lowest BCUT2D eigenvalue weighted by Gasteiger charge is -2.06. The summed E-state index contributed by atoms with van der Waals surface area (Å²) in [4.78, 5) is 4.08. The molecule has 17 heavy (non-hydrogen) atoms. The molecule has 0 fully saturated rings. The number of hydrogen-bond donors (Lipinski definition) is 2. The number of aromatic nitrogens is 1. The molecule has 4 nitrogen and oxygen atoms in total. The average Bonchev–Trinajstić information content (AvgIpc) is 2.33. The van der Waals surface area contributed by atoms with E-state index in [0.29, 0.717) is 16.5 Å². The van der Waals surface area contributed by atoms with Crippen molar-refractivity contribution in [3.05, 3.63) is 22.8 Å². The molecule has 0 spiro atoms. The summed E-state index contributed by atoms with van der Waals surface area (Å²) in [6.45, 7) is 1.05. The second-order valence-electron chi connectivity index (χ2n) is 3.74. The Morgan fingerprint density at radius 3 is 2.76 bits per heavy atom. The Labute approximate surface area is 106 Å². The number of nitrogens with one attached hydrogen (secondary N) is 1. The minimum Gasteiger partial charge on any atom is -0.396 e. The monoisotopic (exact) mass is 253 g/mol. The number of unbranched alkanes of at least 4 members (excludes halogenated alkanes) is 3. The van der Waals surface area contributed by atoms with Gasteiger partial charge >= 0.3 is 0 Å². The number of anilines is 1. The van der Waals surface area contributed by atoms with Crippen LogP contribution in [0.5, 0.6) is 0 Å². The van der Waals surface area contributed by atoms with Crippen LogP contribution in [0.25, 0.3) is 0 Å². The van der Waals surface area contributed by atoms with Crippen LogP contribution in [0.3, 0.4) is 0 Å². The van der Waals surface area contributed by atoms with E-state index in [9.17, 15) is 0 Å². The maximum absolute atomic E-state index is 8.77. The molecule has 0 saturated carbocycles. The number of rotatable bonds is 7. The van der Waals surface area contributed by atoms with Gasteiger partial charge < -0.3 is 10.4 Å². The third-order valence-corrected chi connectivity index (χ3v) is 2.51. The van der Waals surface area contributed by atoms with Gasteiger partial charge in [-0.05, 0) is 25.0 Å². The molecule has 0 aliphatic heterocycles. The van der Waals surface area contributed by atoms with Crippen LogP contribution in [-0.2, 0) is 0 Å². The summed E-state index contributed by atoms with van der Waals surface area (Å²) in [5, 5.41) is 20.8. The summed E-state index contributed by atoms with van der Waals surface area (Å²) >= 11 is 5.78. The number of pyridine rings is 1. The molecule has 1 heterocycles. The Morgan fingerprint density at radius 1 is 1.29 bits per heavy atom. The highest BCUT2D eigenvalue weighted by Crippen LogP contribution is 2.13. The van der Waals surface area contributed by atoms with Gasteiger partial charge in [-0.25, -0.2) is 4.98 Å². The Kier molecular flexibility index (Phi) is 6.38. The molecular formula is C12H16ClN3O. The minimum atomic E-state index is 0.259. The number of nitriles is 1. The summed E-state index contributed by atoms with van der Waals surface area (Å²) in [7, 11) is 0. The molecule has 1 aromatic heterocycles. The van der Waals surface area contributed by atoms with E-state index in [-0.39, 0.29) is 6.61 Å². The maximum atomic E-state index is 8.77. The van der Waals surface area contributed by atoms with Gasteiger partial charge in [0.05, 0.1) is 11.6 Å². The largest absolute Gasteiger partial charge is 0.396 e. The third kappa shape index (κ3) is 5.53. The van der Waals surface area contributed by atoms with Crippen molar-refractivity contribution in [2.75, 3.05) is 18.5 Å². The molecule has 2 N–H and O–H groups in total. The number of aliphatic hydroxyl groups excluding tert-OH is 1. The standard InChI is InChI=1S/C12H16ClN3O/c13-11-7-10(9-14)8-12(16-11)15-5-3-1-2-4-6-17/h7-8,17H,1-6H2,(H,15,16). The van der Waals surface area contributed by atoms with E-state index in [2.05, 4.69) is 10.3 Å². The second-order valence-corrected chi connectivity index (χ2v) is 4.13. The highest BCUT2D eigenvalue weighted by molar-refractivity contribution is 6.29. The average molecular weight is 254 g/mol. The molecule has 0 unspecified atom stereocenters. The summed E-state index contributed by atoms with van der Waals surface area (Å²) in [5.41, 5.74) is 0.507. The van der Waals surface area contributed by atoms with Crippen molar-refractivity contribution in [2.45, 2.75) is 25.7 Å². The number of aliphatic hydroxyl groups is 1. The van der Waals surface area contributed by atoms with E-state index in [1.165, 1.54) is 6.07 Å². The lowest BCUT2D eigenvalue weighted by atomic mass is 10.2. The van der Waals surface area contributed by atoms with Gasteiger partial charge in [0.25, 0.3) is 0 Å². The zero-order valence-electron chi connectivity index (χ0n) is 9.62. The van der Waals surface area contributed by atoms with E-state index in [4.69, 9.17) is 22.0 Å². The van der Waals surface area contributed by atoms with Gasteiger partial charge in [-0.1, -0.05) is 24.4 Å². The number of nitrogens with zero attached hydrogens (tertiary/aromatic N) is 2. The predicted molar refractivity (Wildman–Crippen MR) is 68.0 cm³/mol. The minimum absolute atomic E-state index is 0.259. The maximum Gasteiger partial charge on any atom is 0.132 e. The molecule has 1 aromatic rings. The first kappa shape index (κ1) is 13.8. The van der Waals surface area contributed by atoms with Gasteiger partial charge in [-0.3, -0.25) is 0 Å². The summed E-state index contributed by atoms with van der Waals surface area (Å²) in [5.74, 6) is 0.635. The topological polar surface area (TPSA) is 68.9 Å². The summed E-state index contributed by atoms with van der Waals surface area (Å²) in [6, 6.07) is 5.25. The van der Waals surface area contributed by atoms with Gasteiger partial charge in [0, 0.05) is 13.2 Å². The van der Waals surface area contributed by atoms with Crippen molar-refractivity contribution >= 4 is 17.4 Å². The van der Waals surface area contributed by atoms with Gasteiger partial charge in [0.15, 0.2) is 0 Å². The first-order chi connectivity index (χ1) is 8.26. The highest BCUT2D eigenvalue weighted by atomic mass is 35.5. The molecule has 0 aliphatic carbocycles. The van der Waals surface area contributed by atoms with E-state index >= 15 is 0 Å².